The number of rotatable bonds is 2. The molecule has 5 heteroatoms. The molecule has 0 aliphatic rings. The van der Waals surface area contributed by atoms with Gasteiger partial charge >= 0.3 is 0 Å². The molecule has 0 aliphatic carbocycles. The number of aromatic nitrogens is 3. The molecule has 4 nitrogen and oxygen atoms in total. The summed E-state index contributed by atoms with van der Waals surface area (Å²) >= 11 is 0. The molecule has 3 rings (SSSR count). The molecule has 0 unspecified atom stereocenters. The predicted molar refractivity (Wildman–Crippen MR) is 75.3 cm³/mol. The Morgan fingerprint density at radius 1 is 1.17 bits per heavy atom. The second-order valence-corrected chi connectivity index (χ2v) is 3.68. The summed E-state index contributed by atoms with van der Waals surface area (Å²) in [7, 11) is 1.66. The standard InChI is InChI=1S/C13H11N3O.BrH/c1-17-11-5-3-10(4-6-11)12-9-16-8-2-7-14-13(16)15-12;/h2-9H,1H3;1H. The Kier molecular flexibility index (Phi) is 3.62. The molecular formula is C13H12BrN3O. The van der Waals surface area contributed by atoms with Gasteiger partial charge in [-0.05, 0) is 30.3 Å². The molecule has 0 fully saturated rings. The van der Waals surface area contributed by atoms with E-state index in [2.05, 4.69) is 9.97 Å². The van der Waals surface area contributed by atoms with Crippen molar-refractivity contribution in [1.29, 1.82) is 0 Å². The first kappa shape index (κ1) is 12.6. The molecule has 0 spiro atoms. The molecule has 0 aliphatic heterocycles. The Hall–Kier alpha value is -1.88. The summed E-state index contributed by atoms with van der Waals surface area (Å²) < 4.78 is 7.03. The number of ether oxygens (including phenoxy) is 1. The zero-order valence-electron chi connectivity index (χ0n) is 9.78. The molecule has 0 saturated heterocycles. The van der Waals surface area contributed by atoms with Crippen LogP contribution in [0.25, 0.3) is 17.0 Å². The van der Waals surface area contributed by atoms with Crippen LogP contribution in [0, 0.1) is 0 Å². The van der Waals surface area contributed by atoms with E-state index in [9.17, 15) is 0 Å². The van der Waals surface area contributed by atoms with E-state index in [-0.39, 0.29) is 17.0 Å². The van der Waals surface area contributed by atoms with Crippen LogP contribution in [0.5, 0.6) is 5.75 Å². The number of hydrogen-bond acceptors (Lipinski definition) is 3. The van der Waals surface area contributed by atoms with Crippen LogP contribution in [0.1, 0.15) is 0 Å². The monoisotopic (exact) mass is 305 g/mol. The molecule has 2 heterocycles. The predicted octanol–water partition coefficient (Wildman–Crippen LogP) is 2.98. The molecule has 2 aromatic heterocycles. The Labute approximate surface area is 115 Å². The van der Waals surface area contributed by atoms with E-state index in [4.69, 9.17) is 4.74 Å². The number of hydrogen-bond donors (Lipinski definition) is 0. The molecule has 0 atom stereocenters. The molecule has 0 saturated carbocycles. The third kappa shape index (κ3) is 2.22. The average molecular weight is 306 g/mol. The SMILES string of the molecule is Br.COc1ccc(-c2cn3cccnc3n2)cc1. The lowest BCUT2D eigenvalue weighted by Gasteiger charge is -1.99. The summed E-state index contributed by atoms with van der Waals surface area (Å²) in [6.45, 7) is 0. The maximum Gasteiger partial charge on any atom is 0.234 e. The maximum absolute atomic E-state index is 5.13. The van der Waals surface area contributed by atoms with Gasteiger partial charge in [0.15, 0.2) is 0 Å². The van der Waals surface area contributed by atoms with Crippen LogP contribution in [0.15, 0.2) is 48.9 Å². The minimum absolute atomic E-state index is 0. The Balaban J connectivity index is 0.00000120. The number of nitrogens with zero attached hydrogens (tertiary/aromatic N) is 3. The summed E-state index contributed by atoms with van der Waals surface area (Å²) in [6.07, 6.45) is 5.63. The molecule has 0 N–H and O–H groups in total. The number of halogens is 1. The molecule has 0 amide bonds. The Morgan fingerprint density at radius 2 is 1.94 bits per heavy atom. The quantitative estimate of drug-likeness (QED) is 0.730. The minimum Gasteiger partial charge on any atom is -0.497 e. The second kappa shape index (κ2) is 5.18. The van der Waals surface area contributed by atoms with Gasteiger partial charge < -0.3 is 4.74 Å². The van der Waals surface area contributed by atoms with Crippen molar-refractivity contribution in [3.8, 4) is 17.0 Å². The number of methoxy groups -OCH3 is 1. The largest absolute Gasteiger partial charge is 0.497 e. The Bertz CT molecular complexity index is 616. The molecule has 18 heavy (non-hydrogen) atoms. The maximum atomic E-state index is 5.13. The average Bonchev–Trinajstić information content (AvgIpc) is 2.82. The van der Waals surface area contributed by atoms with Crippen molar-refractivity contribution >= 4 is 22.8 Å². The van der Waals surface area contributed by atoms with Crippen molar-refractivity contribution in [2.45, 2.75) is 0 Å². The van der Waals surface area contributed by atoms with E-state index in [1.807, 2.05) is 47.1 Å². The number of fused-ring (bicyclic) bond motifs is 1. The molecular weight excluding hydrogens is 294 g/mol. The van der Waals surface area contributed by atoms with Crippen LogP contribution in [0.3, 0.4) is 0 Å². The van der Waals surface area contributed by atoms with Crippen LogP contribution in [-0.2, 0) is 0 Å². The third-order valence-corrected chi connectivity index (χ3v) is 2.62. The van der Waals surface area contributed by atoms with E-state index in [1.165, 1.54) is 0 Å². The van der Waals surface area contributed by atoms with Gasteiger partial charge in [0, 0.05) is 24.2 Å². The summed E-state index contributed by atoms with van der Waals surface area (Å²) in [5.74, 6) is 1.55. The molecule has 0 radical (unpaired) electrons. The minimum atomic E-state index is 0. The summed E-state index contributed by atoms with van der Waals surface area (Å²) in [6, 6.07) is 9.70. The van der Waals surface area contributed by atoms with Crippen LogP contribution >= 0.6 is 17.0 Å². The summed E-state index contributed by atoms with van der Waals surface area (Å²) in [5, 5.41) is 0. The van der Waals surface area contributed by atoms with Gasteiger partial charge in [-0.3, -0.25) is 4.40 Å². The Morgan fingerprint density at radius 3 is 2.61 bits per heavy atom. The van der Waals surface area contributed by atoms with Gasteiger partial charge in [0.2, 0.25) is 5.78 Å². The van der Waals surface area contributed by atoms with Crippen LogP contribution < -0.4 is 4.74 Å². The van der Waals surface area contributed by atoms with Crippen molar-refractivity contribution in [2.24, 2.45) is 0 Å². The number of benzene rings is 1. The van der Waals surface area contributed by atoms with Gasteiger partial charge in [0.05, 0.1) is 12.8 Å². The third-order valence-electron chi connectivity index (χ3n) is 2.62. The second-order valence-electron chi connectivity index (χ2n) is 3.68. The van der Waals surface area contributed by atoms with Crippen molar-refractivity contribution in [1.82, 2.24) is 14.4 Å². The highest BCUT2D eigenvalue weighted by Crippen LogP contribution is 2.21. The van der Waals surface area contributed by atoms with Crippen LogP contribution in [0.4, 0.5) is 0 Å². The highest BCUT2D eigenvalue weighted by atomic mass is 79.9. The topological polar surface area (TPSA) is 39.4 Å². The molecule has 0 bridgehead atoms. The first-order valence-corrected chi connectivity index (χ1v) is 5.31. The summed E-state index contributed by atoms with van der Waals surface area (Å²) in [5.41, 5.74) is 1.96. The fourth-order valence-corrected chi connectivity index (χ4v) is 1.73. The zero-order valence-corrected chi connectivity index (χ0v) is 11.5. The normalized spacial score (nSPS) is 10.1. The highest BCUT2D eigenvalue weighted by molar-refractivity contribution is 8.93. The van der Waals surface area contributed by atoms with Crippen molar-refractivity contribution in [2.75, 3.05) is 7.11 Å². The van der Waals surface area contributed by atoms with Crippen molar-refractivity contribution < 1.29 is 4.74 Å². The first-order chi connectivity index (χ1) is 8.36. The van der Waals surface area contributed by atoms with Crippen molar-refractivity contribution in [3.05, 3.63) is 48.9 Å². The molecule has 1 aromatic carbocycles. The van der Waals surface area contributed by atoms with E-state index in [0.717, 1.165) is 17.0 Å². The smallest absolute Gasteiger partial charge is 0.234 e. The van der Waals surface area contributed by atoms with Gasteiger partial charge in [0.1, 0.15) is 5.75 Å². The van der Waals surface area contributed by atoms with Gasteiger partial charge in [-0.1, -0.05) is 0 Å². The van der Waals surface area contributed by atoms with Gasteiger partial charge in [-0.25, -0.2) is 9.97 Å². The zero-order chi connectivity index (χ0) is 11.7. The van der Waals surface area contributed by atoms with Crippen molar-refractivity contribution in [3.63, 3.8) is 0 Å². The van der Waals surface area contributed by atoms with E-state index in [0.29, 0.717) is 5.78 Å². The van der Waals surface area contributed by atoms with Crippen LogP contribution in [0.2, 0.25) is 0 Å². The lowest BCUT2D eigenvalue weighted by atomic mass is 10.2. The molecule has 92 valence electrons. The summed E-state index contributed by atoms with van der Waals surface area (Å²) in [4.78, 5) is 8.64. The number of imidazole rings is 1. The van der Waals surface area contributed by atoms with Crippen LogP contribution in [-0.4, -0.2) is 21.5 Å². The highest BCUT2D eigenvalue weighted by Gasteiger charge is 2.04. The van der Waals surface area contributed by atoms with Gasteiger partial charge in [0.25, 0.3) is 0 Å². The van der Waals surface area contributed by atoms with Gasteiger partial charge in [-0.15, -0.1) is 17.0 Å². The first-order valence-electron chi connectivity index (χ1n) is 5.31. The van der Waals surface area contributed by atoms with E-state index >= 15 is 0 Å². The van der Waals surface area contributed by atoms with E-state index in [1.54, 1.807) is 13.3 Å². The lowest BCUT2D eigenvalue weighted by molar-refractivity contribution is 0.415. The molecule has 3 aromatic rings. The fourth-order valence-electron chi connectivity index (χ4n) is 1.73. The fraction of sp³-hybridized carbons (Fsp3) is 0.0769. The lowest BCUT2D eigenvalue weighted by Crippen LogP contribution is -1.83. The van der Waals surface area contributed by atoms with Gasteiger partial charge in [-0.2, -0.15) is 0 Å². The van der Waals surface area contributed by atoms with E-state index < -0.39 is 0 Å².